The van der Waals surface area contributed by atoms with Crippen LogP contribution in [0.15, 0.2) is 34.9 Å². The molecule has 0 aliphatic rings. The van der Waals surface area contributed by atoms with Crippen molar-refractivity contribution in [2.75, 3.05) is 7.11 Å². The highest BCUT2D eigenvalue weighted by Gasteiger charge is 2.23. The number of methoxy groups -OCH3 is 1. The molecule has 96 valence electrons. The van der Waals surface area contributed by atoms with Gasteiger partial charge in [-0.1, -0.05) is 34.8 Å². The summed E-state index contributed by atoms with van der Waals surface area (Å²) in [6.07, 6.45) is 1.74. The van der Waals surface area contributed by atoms with Crippen LogP contribution in [0.25, 0.3) is 11.5 Å². The van der Waals surface area contributed by atoms with Gasteiger partial charge in [-0.15, -0.1) is 0 Å². The van der Waals surface area contributed by atoms with Crippen molar-refractivity contribution in [2.45, 2.75) is 10.2 Å². The molecule has 18 heavy (non-hydrogen) atoms. The summed E-state index contributed by atoms with van der Waals surface area (Å²) >= 11 is 17.1. The van der Waals surface area contributed by atoms with Crippen molar-refractivity contribution in [1.29, 1.82) is 0 Å². The Morgan fingerprint density at radius 2 is 1.89 bits per heavy atom. The fourth-order valence-corrected chi connectivity index (χ4v) is 1.85. The monoisotopic (exact) mass is 305 g/mol. The van der Waals surface area contributed by atoms with E-state index in [1.165, 1.54) is 0 Å². The van der Waals surface area contributed by atoms with Crippen LogP contribution in [-0.2, 0) is 6.42 Å². The van der Waals surface area contributed by atoms with Gasteiger partial charge in [0.25, 0.3) is 0 Å². The molecule has 2 aromatic rings. The SMILES string of the molecule is COc1ccc(-c2ncc(CC(Cl)(Cl)Cl)o2)cc1. The molecule has 0 N–H and O–H groups in total. The van der Waals surface area contributed by atoms with E-state index in [0.29, 0.717) is 11.7 Å². The maximum absolute atomic E-state index is 5.69. The Bertz CT molecular complexity index is 517. The Balaban J connectivity index is 2.18. The molecule has 0 atom stereocenters. The van der Waals surface area contributed by atoms with Crippen LogP contribution in [0.3, 0.4) is 0 Å². The molecule has 0 saturated carbocycles. The summed E-state index contributed by atoms with van der Waals surface area (Å²) in [5.74, 6) is 1.79. The number of benzene rings is 1. The molecule has 0 aliphatic carbocycles. The van der Waals surface area contributed by atoms with Crippen molar-refractivity contribution >= 4 is 34.8 Å². The summed E-state index contributed by atoms with van der Waals surface area (Å²) in [5, 5.41) is 0. The van der Waals surface area contributed by atoms with E-state index in [2.05, 4.69) is 4.98 Å². The second-order valence-electron chi connectivity index (χ2n) is 3.65. The minimum atomic E-state index is -1.38. The van der Waals surface area contributed by atoms with Crippen molar-refractivity contribution < 1.29 is 9.15 Å². The molecule has 0 fully saturated rings. The van der Waals surface area contributed by atoms with Crippen LogP contribution in [0.4, 0.5) is 0 Å². The van der Waals surface area contributed by atoms with Crippen LogP contribution in [0, 0.1) is 0 Å². The molecule has 0 radical (unpaired) electrons. The average Bonchev–Trinajstić information content (AvgIpc) is 2.75. The standard InChI is InChI=1S/C12H10Cl3NO2/c1-17-9-4-2-8(3-5-9)11-16-7-10(18-11)6-12(13,14)15/h2-5,7H,6H2,1H3. The summed E-state index contributed by atoms with van der Waals surface area (Å²) in [7, 11) is 1.61. The molecule has 1 heterocycles. The zero-order chi connectivity index (χ0) is 13.2. The number of hydrogen-bond donors (Lipinski definition) is 0. The quantitative estimate of drug-likeness (QED) is 0.795. The van der Waals surface area contributed by atoms with E-state index in [0.717, 1.165) is 11.3 Å². The Labute approximate surface area is 120 Å². The van der Waals surface area contributed by atoms with Crippen LogP contribution in [0.2, 0.25) is 0 Å². The number of hydrogen-bond acceptors (Lipinski definition) is 3. The predicted molar refractivity (Wildman–Crippen MR) is 72.5 cm³/mol. The van der Waals surface area contributed by atoms with Crippen molar-refractivity contribution in [2.24, 2.45) is 0 Å². The van der Waals surface area contributed by atoms with Gasteiger partial charge in [-0.2, -0.15) is 0 Å². The zero-order valence-corrected chi connectivity index (χ0v) is 11.8. The van der Waals surface area contributed by atoms with E-state index in [4.69, 9.17) is 44.0 Å². The molecule has 0 unspecified atom stereocenters. The highest BCUT2D eigenvalue weighted by molar-refractivity contribution is 6.67. The highest BCUT2D eigenvalue weighted by Crippen LogP contribution is 2.31. The highest BCUT2D eigenvalue weighted by atomic mass is 35.6. The molecular formula is C12H10Cl3NO2. The van der Waals surface area contributed by atoms with Gasteiger partial charge >= 0.3 is 0 Å². The second-order valence-corrected chi connectivity index (χ2v) is 6.17. The molecule has 1 aromatic carbocycles. The lowest BCUT2D eigenvalue weighted by atomic mass is 10.2. The number of halogens is 3. The molecule has 0 amide bonds. The third-order valence-electron chi connectivity index (χ3n) is 2.27. The second kappa shape index (κ2) is 5.39. The first-order valence-corrected chi connectivity index (χ1v) is 6.27. The van der Waals surface area contributed by atoms with E-state index >= 15 is 0 Å². The van der Waals surface area contributed by atoms with E-state index in [1.807, 2.05) is 24.3 Å². The van der Waals surface area contributed by atoms with Crippen LogP contribution >= 0.6 is 34.8 Å². The molecule has 1 aromatic heterocycles. The zero-order valence-electron chi connectivity index (χ0n) is 9.49. The van der Waals surface area contributed by atoms with Crippen molar-refractivity contribution in [1.82, 2.24) is 4.98 Å². The van der Waals surface area contributed by atoms with Gasteiger partial charge in [0.1, 0.15) is 11.5 Å². The van der Waals surface area contributed by atoms with Crippen LogP contribution in [-0.4, -0.2) is 15.9 Å². The Morgan fingerprint density at radius 3 is 2.44 bits per heavy atom. The maximum atomic E-state index is 5.69. The van der Waals surface area contributed by atoms with Crippen LogP contribution in [0.1, 0.15) is 5.76 Å². The summed E-state index contributed by atoms with van der Waals surface area (Å²) in [5.41, 5.74) is 0.839. The molecule has 0 spiro atoms. The summed E-state index contributed by atoms with van der Waals surface area (Å²) in [6, 6.07) is 7.36. The number of rotatable bonds is 3. The fourth-order valence-electron chi connectivity index (χ4n) is 1.45. The van der Waals surface area contributed by atoms with E-state index in [1.54, 1.807) is 13.3 Å². The van der Waals surface area contributed by atoms with Crippen molar-refractivity contribution in [3.63, 3.8) is 0 Å². The minimum Gasteiger partial charge on any atom is -0.497 e. The number of ether oxygens (including phenoxy) is 1. The van der Waals surface area contributed by atoms with E-state index in [9.17, 15) is 0 Å². The lowest BCUT2D eigenvalue weighted by Crippen LogP contribution is -2.05. The molecule has 0 bridgehead atoms. The summed E-state index contributed by atoms with van der Waals surface area (Å²) < 4.78 is 9.21. The molecule has 6 heteroatoms. The largest absolute Gasteiger partial charge is 0.497 e. The van der Waals surface area contributed by atoms with Gasteiger partial charge in [0.15, 0.2) is 3.79 Å². The first-order chi connectivity index (χ1) is 8.48. The first kappa shape index (κ1) is 13.5. The lowest BCUT2D eigenvalue weighted by Gasteiger charge is -2.06. The molecule has 2 rings (SSSR count). The van der Waals surface area contributed by atoms with E-state index < -0.39 is 3.79 Å². The average molecular weight is 307 g/mol. The third-order valence-corrected chi connectivity index (χ3v) is 2.67. The maximum Gasteiger partial charge on any atom is 0.226 e. The first-order valence-electron chi connectivity index (χ1n) is 5.14. The predicted octanol–water partition coefficient (Wildman–Crippen LogP) is 4.26. The molecule has 0 aliphatic heterocycles. The topological polar surface area (TPSA) is 35.3 Å². The molecule has 3 nitrogen and oxygen atoms in total. The van der Waals surface area contributed by atoms with E-state index in [-0.39, 0.29) is 6.42 Å². The number of aromatic nitrogens is 1. The molecular weight excluding hydrogens is 296 g/mol. The van der Waals surface area contributed by atoms with Gasteiger partial charge in [-0.05, 0) is 24.3 Å². The minimum absolute atomic E-state index is 0.181. The van der Waals surface area contributed by atoms with Gasteiger partial charge in [0.05, 0.1) is 19.7 Å². The van der Waals surface area contributed by atoms with Gasteiger partial charge in [-0.3, -0.25) is 0 Å². The Morgan fingerprint density at radius 1 is 1.22 bits per heavy atom. The van der Waals surface area contributed by atoms with Gasteiger partial charge in [0.2, 0.25) is 5.89 Å². The normalized spacial score (nSPS) is 11.6. The van der Waals surface area contributed by atoms with Gasteiger partial charge < -0.3 is 9.15 Å². The lowest BCUT2D eigenvalue weighted by molar-refractivity contribution is 0.415. The Hall–Kier alpha value is -0.900. The summed E-state index contributed by atoms with van der Waals surface area (Å²) in [6.45, 7) is 0. The number of nitrogens with zero attached hydrogens (tertiary/aromatic N) is 1. The van der Waals surface area contributed by atoms with Crippen LogP contribution in [0.5, 0.6) is 5.75 Å². The van der Waals surface area contributed by atoms with Gasteiger partial charge in [-0.25, -0.2) is 4.98 Å². The van der Waals surface area contributed by atoms with Crippen molar-refractivity contribution in [3.8, 4) is 17.2 Å². The number of oxazole rings is 1. The number of alkyl halides is 3. The Kier molecular flexibility index (Phi) is 4.05. The molecule has 0 saturated heterocycles. The van der Waals surface area contributed by atoms with Gasteiger partial charge in [0, 0.05) is 5.56 Å². The van der Waals surface area contributed by atoms with Crippen molar-refractivity contribution in [3.05, 3.63) is 36.2 Å². The van der Waals surface area contributed by atoms with Crippen LogP contribution < -0.4 is 4.74 Å². The third kappa shape index (κ3) is 3.55. The smallest absolute Gasteiger partial charge is 0.226 e. The fraction of sp³-hybridized carbons (Fsp3) is 0.250. The summed E-state index contributed by atoms with van der Waals surface area (Å²) in [4.78, 5) is 4.14.